The highest BCUT2D eigenvalue weighted by atomic mass is 35.5. The van der Waals surface area contributed by atoms with Crippen LogP contribution in [0.15, 0.2) is 18.2 Å². The molecule has 0 radical (unpaired) electrons. The predicted octanol–water partition coefficient (Wildman–Crippen LogP) is 5.18. The molecular formula is C20H26Cl2O2. The number of carbonyl (C=O) groups excluding carboxylic acids is 1. The van der Waals surface area contributed by atoms with Crippen LogP contribution in [0.25, 0.3) is 0 Å². The molecule has 4 unspecified atom stereocenters. The highest BCUT2D eigenvalue weighted by Gasteiger charge is 2.61. The summed E-state index contributed by atoms with van der Waals surface area (Å²) >= 11 is 13.4. The number of rotatable bonds is 2. The Bertz CT molecular complexity index is 657. The van der Waals surface area contributed by atoms with Gasteiger partial charge in [-0.05, 0) is 59.6 Å². The monoisotopic (exact) mass is 368 g/mol. The lowest BCUT2D eigenvalue weighted by Gasteiger charge is -2.54. The highest BCUT2D eigenvalue weighted by molar-refractivity contribution is 6.40. The molecule has 0 aromatic heterocycles. The molecule has 0 heterocycles. The quantitative estimate of drug-likeness (QED) is 0.530. The van der Waals surface area contributed by atoms with E-state index < -0.39 is 4.87 Å². The Morgan fingerprint density at radius 3 is 2.67 bits per heavy atom. The summed E-state index contributed by atoms with van der Waals surface area (Å²) in [4.78, 5) is 11.4. The third-order valence-corrected chi connectivity index (χ3v) is 7.62. The van der Waals surface area contributed by atoms with Crippen LogP contribution >= 0.6 is 23.2 Å². The number of esters is 1. The van der Waals surface area contributed by atoms with Gasteiger partial charge in [0, 0.05) is 0 Å². The lowest BCUT2D eigenvalue weighted by Crippen LogP contribution is -2.60. The maximum Gasteiger partial charge on any atom is 0.328 e. The van der Waals surface area contributed by atoms with Gasteiger partial charge in [-0.15, -0.1) is 23.2 Å². The second-order valence-corrected chi connectivity index (χ2v) is 9.00. The number of alkyl halides is 2. The van der Waals surface area contributed by atoms with E-state index in [1.165, 1.54) is 23.8 Å². The van der Waals surface area contributed by atoms with Gasteiger partial charge in [-0.2, -0.15) is 0 Å². The molecule has 0 amide bonds. The Labute approximate surface area is 154 Å². The van der Waals surface area contributed by atoms with Crippen molar-refractivity contribution in [2.45, 2.75) is 68.0 Å². The van der Waals surface area contributed by atoms with Crippen LogP contribution < -0.4 is 0 Å². The summed E-state index contributed by atoms with van der Waals surface area (Å²) in [5.41, 5.74) is 3.97. The molecule has 4 atom stereocenters. The normalized spacial score (nSPS) is 35.3. The Kier molecular flexibility index (Phi) is 4.68. The van der Waals surface area contributed by atoms with Gasteiger partial charge in [0.25, 0.3) is 0 Å². The van der Waals surface area contributed by atoms with Gasteiger partial charge in [-0.3, -0.25) is 4.79 Å². The Morgan fingerprint density at radius 1 is 1.33 bits per heavy atom. The zero-order chi connectivity index (χ0) is 17.7. The third-order valence-electron chi connectivity index (χ3n) is 6.26. The predicted molar refractivity (Wildman–Crippen MR) is 99.2 cm³/mol. The molecule has 0 N–H and O–H groups in total. The van der Waals surface area contributed by atoms with Gasteiger partial charge < -0.3 is 4.74 Å². The highest BCUT2D eigenvalue weighted by Crippen LogP contribution is 2.57. The average Bonchev–Trinajstić information content (AvgIpc) is 2.57. The molecule has 0 aliphatic heterocycles. The fourth-order valence-electron chi connectivity index (χ4n) is 4.81. The van der Waals surface area contributed by atoms with Crippen molar-refractivity contribution >= 4 is 29.2 Å². The van der Waals surface area contributed by atoms with Crippen molar-refractivity contribution < 1.29 is 9.53 Å². The van der Waals surface area contributed by atoms with Crippen LogP contribution in [0.2, 0.25) is 0 Å². The van der Waals surface area contributed by atoms with Crippen LogP contribution in [-0.4, -0.2) is 23.3 Å². The molecule has 132 valence electrons. The van der Waals surface area contributed by atoms with E-state index in [0.29, 0.717) is 5.92 Å². The minimum absolute atomic E-state index is 0.00670. The molecule has 2 aliphatic carbocycles. The van der Waals surface area contributed by atoms with E-state index >= 15 is 0 Å². The van der Waals surface area contributed by atoms with Crippen LogP contribution in [0.1, 0.15) is 62.6 Å². The zero-order valence-electron chi connectivity index (χ0n) is 14.9. The standard InChI is InChI=1S/C20H26Cl2O2/c1-12(2)13-5-7-15-14(11-13)6-8-16-19(15,3)10-9-17(21)20(16,22)18(23)24-4/h5,7,11-12,16-17H,6,8-10H2,1-4H3. The number of hydrogen-bond acceptors (Lipinski definition) is 2. The van der Waals surface area contributed by atoms with Gasteiger partial charge in [-0.1, -0.05) is 39.0 Å². The molecular weight excluding hydrogens is 343 g/mol. The molecule has 0 saturated heterocycles. The van der Waals surface area contributed by atoms with E-state index in [-0.39, 0.29) is 22.7 Å². The van der Waals surface area contributed by atoms with Gasteiger partial charge in [0.1, 0.15) is 0 Å². The van der Waals surface area contributed by atoms with E-state index in [2.05, 4.69) is 39.0 Å². The van der Waals surface area contributed by atoms with Crippen molar-refractivity contribution in [2.24, 2.45) is 5.92 Å². The van der Waals surface area contributed by atoms with Gasteiger partial charge in [0.05, 0.1) is 12.5 Å². The van der Waals surface area contributed by atoms with Crippen LogP contribution in [0.4, 0.5) is 0 Å². The maximum absolute atomic E-state index is 12.5. The molecule has 0 spiro atoms. The van der Waals surface area contributed by atoms with Crippen LogP contribution in [0.3, 0.4) is 0 Å². The van der Waals surface area contributed by atoms with Crippen molar-refractivity contribution in [2.75, 3.05) is 7.11 Å². The number of ether oxygens (including phenoxy) is 1. The smallest absolute Gasteiger partial charge is 0.328 e. The Hall–Kier alpha value is -0.730. The summed E-state index contributed by atoms with van der Waals surface area (Å²) in [5.74, 6) is 0.122. The van der Waals surface area contributed by atoms with E-state index in [0.717, 1.165) is 25.7 Å². The number of fused-ring (bicyclic) bond motifs is 3. The zero-order valence-corrected chi connectivity index (χ0v) is 16.4. The fourth-order valence-corrected chi connectivity index (χ4v) is 5.69. The Morgan fingerprint density at radius 2 is 2.04 bits per heavy atom. The first-order chi connectivity index (χ1) is 11.2. The third kappa shape index (κ3) is 2.49. The first-order valence-corrected chi connectivity index (χ1v) is 9.61. The number of hydrogen-bond donors (Lipinski definition) is 0. The topological polar surface area (TPSA) is 26.3 Å². The SMILES string of the molecule is COC(=O)C1(Cl)C(Cl)CCC2(C)c3ccc(C(C)C)cc3CCC21. The molecule has 1 fully saturated rings. The first kappa shape index (κ1) is 18.1. The summed E-state index contributed by atoms with van der Waals surface area (Å²) in [6.07, 6.45) is 3.47. The number of benzene rings is 1. The lowest BCUT2D eigenvalue weighted by atomic mass is 9.54. The maximum atomic E-state index is 12.5. The average molecular weight is 369 g/mol. The summed E-state index contributed by atoms with van der Waals surface area (Å²) < 4.78 is 5.04. The molecule has 2 aliphatic rings. The largest absolute Gasteiger partial charge is 0.468 e. The number of aryl methyl sites for hydroxylation is 1. The van der Waals surface area contributed by atoms with E-state index in [1.807, 2.05) is 0 Å². The molecule has 1 saturated carbocycles. The van der Waals surface area contributed by atoms with Crippen molar-refractivity contribution in [1.29, 1.82) is 0 Å². The second-order valence-electron chi connectivity index (χ2n) is 7.85. The molecule has 3 rings (SSSR count). The molecule has 24 heavy (non-hydrogen) atoms. The fraction of sp³-hybridized carbons (Fsp3) is 0.650. The van der Waals surface area contributed by atoms with Gasteiger partial charge in [0.15, 0.2) is 4.87 Å². The van der Waals surface area contributed by atoms with Crippen molar-refractivity contribution in [3.8, 4) is 0 Å². The van der Waals surface area contributed by atoms with Crippen LogP contribution in [0, 0.1) is 5.92 Å². The molecule has 1 aromatic carbocycles. The lowest BCUT2D eigenvalue weighted by molar-refractivity contribution is -0.148. The summed E-state index contributed by atoms with van der Waals surface area (Å²) in [6, 6.07) is 6.81. The van der Waals surface area contributed by atoms with E-state index in [1.54, 1.807) is 0 Å². The number of halogens is 2. The molecule has 0 bridgehead atoms. The molecule has 1 aromatic rings. The molecule has 2 nitrogen and oxygen atoms in total. The first-order valence-electron chi connectivity index (χ1n) is 8.79. The van der Waals surface area contributed by atoms with Crippen molar-refractivity contribution in [1.82, 2.24) is 0 Å². The van der Waals surface area contributed by atoms with Gasteiger partial charge in [-0.25, -0.2) is 0 Å². The van der Waals surface area contributed by atoms with E-state index in [9.17, 15) is 4.79 Å². The van der Waals surface area contributed by atoms with Crippen LogP contribution in [-0.2, 0) is 21.4 Å². The van der Waals surface area contributed by atoms with Gasteiger partial charge >= 0.3 is 5.97 Å². The minimum Gasteiger partial charge on any atom is -0.468 e. The van der Waals surface area contributed by atoms with Crippen LogP contribution in [0.5, 0.6) is 0 Å². The van der Waals surface area contributed by atoms with Crippen molar-refractivity contribution in [3.63, 3.8) is 0 Å². The summed E-state index contributed by atoms with van der Waals surface area (Å²) in [5, 5.41) is -0.388. The minimum atomic E-state index is -1.14. The molecule has 4 heteroatoms. The second kappa shape index (κ2) is 6.21. The summed E-state index contributed by atoms with van der Waals surface area (Å²) in [7, 11) is 1.40. The number of methoxy groups -OCH3 is 1. The van der Waals surface area contributed by atoms with Crippen molar-refractivity contribution in [3.05, 3.63) is 34.9 Å². The van der Waals surface area contributed by atoms with E-state index in [4.69, 9.17) is 27.9 Å². The summed E-state index contributed by atoms with van der Waals surface area (Å²) in [6.45, 7) is 6.68. The van der Waals surface area contributed by atoms with Gasteiger partial charge in [0.2, 0.25) is 0 Å². The Balaban J connectivity index is 2.08. The number of carbonyl (C=O) groups is 1.